The molecule has 1 saturated heterocycles. The molecule has 1 saturated carbocycles. The van der Waals surface area contributed by atoms with Gasteiger partial charge in [0.15, 0.2) is 0 Å². The van der Waals surface area contributed by atoms with E-state index in [9.17, 15) is 14.4 Å². The molecule has 2 aliphatic heterocycles. The van der Waals surface area contributed by atoms with Gasteiger partial charge in [-0.15, -0.1) is 0 Å². The molecular formula is C32H35N5O3. The van der Waals surface area contributed by atoms with Crippen LogP contribution >= 0.6 is 0 Å². The van der Waals surface area contributed by atoms with E-state index in [2.05, 4.69) is 24.1 Å². The van der Waals surface area contributed by atoms with Crippen LogP contribution in [0.15, 0.2) is 73.1 Å². The van der Waals surface area contributed by atoms with E-state index in [0.717, 1.165) is 35.2 Å². The summed E-state index contributed by atoms with van der Waals surface area (Å²) in [6, 6.07) is 18.6. The van der Waals surface area contributed by atoms with Crippen molar-refractivity contribution in [3.8, 4) is 0 Å². The fourth-order valence-electron chi connectivity index (χ4n) is 5.81. The second-order valence-corrected chi connectivity index (χ2v) is 12.2. The number of anilines is 2. The van der Waals surface area contributed by atoms with Gasteiger partial charge in [0.1, 0.15) is 11.6 Å². The summed E-state index contributed by atoms with van der Waals surface area (Å²) in [6.07, 6.45) is 5.48. The Hall–Kier alpha value is -4.04. The molecule has 4 amide bonds. The molecule has 0 radical (unpaired) electrons. The number of nitrogens with one attached hydrogen (secondary N) is 1. The summed E-state index contributed by atoms with van der Waals surface area (Å²) < 4.78 is 0. The second kappa shape index (κ2) is 9.55. The van der Waals surface area contributed by atoms with Gasteiger partial charge in [-0.3, -0.25) is 19.9 Å². The van der Waals surface area contributed by atoms with Crippen LogP contribution in [0.4, 0.5) is 16.2 Å². The molecule has 3 aliphatic rings. The van der Waals surface area contributed by atoms with Gasteiger partial charge in [0.25, 0.3) is 5.91 Å². The Kier molecular flexibility index (Phi) is 6.26. The van der Waals surface area contributed by atoms with Crippen molar-refractivity contribution in [1.82, 2.24) is 15.2 Å². The highest BCUT2D eigenvalue weighted by Gasteiger charge is 2.52. The molecular weight excluding hydrogens is 502 g/mol. The predicted octanol–water partition coefficient (Wildman–Crippen LogP) is 4.95. The fourth-order valence-corrected chi connectivity index (χ4v) is 5.81. The zero-order valence-corrected chi connectivity index (χ0v) is 23.4. The summed E-state index contributed by atoms with van der Waals surface area (Å²) in [7, 11) is 0. The zero-order valence-electron chi connectivity index (χ0n) is 23.4. The molecule has 1 aromatic heterocycles. The molecule has 3 aromatic rings. The smallest absolute Gasteiger partial charge is 0.310 e. The molecule has 40 heavy (non-hydrogen) atoms. The fraction of sp³-hybridized carbons (Fsp3) is 0.375. The van der Waals surface area contributed by atoms with Gasteiger partial charge in [0.2, 0.25) is 5.91 Å². The number of nitrogens with zero attached hydrogens (tertiary/aromatic N) is 4. The number of imide groups is 1. The number of urea groups is 1. The third-order valence-corrected chi connectivity index (χ3v) is 8.35. The first-order valence-corrected chi connectivity index (χ1v) is 13.9. The van der Waals surface area contributed by atoms with E-state index in [1.54, 1.807) is 31.1 Å². The third-order valence-electron chi connectivity index (χ3n) is 8.35. The topological polar surface area (TPSA) is 85.8 Å². The van der Waals surface area contributed by atoms with Gasteiger partial charge in [-0.05, 0) is 67.6 Å². The number of carbonyl (C=O) groups is 3. The summed E-state index contributed by atoms with van der Waals surface area (Å²) in [5.74, 6) is -0.319. The van der Waals surface area contributed by atoms with Gasteiger partial charge in [0.05, 0.1) is 5.69 Å². The maximum Gasteiger partial charge on any atom is 0.332 e. The van der Waals surface area contributed by atoms with Crippen LogP contribution in [0.5, 0.6) is 0 Å². The Labute approximate surface area is 235 Å². The molecule has 2 aromatic carbocycles. The Morgan fingerprint density at radius 1 is 1.00 bits per heavy atom. The van der Waals surface area contributed by atoms with Crippen LogP contribution in [-0.4, -0.2) is 45.9 Å². The first kappa shape index (κ1) is 26.2. The number of benzene rings is 2. The van der Waals surface area contributed by atoms with Crippen LogP contribution in [0, 0.1) is 0 Å². The van der Waals surface area contributed by atoms with Gasteiger partial charge in [0, 0.05) is 42.6 Å². The maximum absolute atomic E-state index is 14.2. The van der Waals surface area contributed by atoms with E-state index < -0.39 is 11.6 Å². The van der Waals surface area contributed by atoms with E-state index in [1.807, 2.05) is 65.6 Å². The molecule has 1 N–H and O–H groups in total. The van der Waals surface area contributed by atoms with Crippen molar-refractivity contribution >= 4 is 29.2 Å². The van der Waals surface area contributed by atoms with Crippen LogP contribution in [0.1, 0.15) is 63.3 Å². The minimum absolute atomic E-state index is 0.0270. The SMILES string of the molecule is CC1(C)CN(C(=O)C(NC2CC2)c2ccccc2)c2cc(N3C(=O)N(Cc4ccncc4)C(C)(C)C3=O)ccc21. The monoisotopic (exact) mass is 537 g/mol. The largest absolute Gasteiger partial charge is 0.332 e. The van der Waals surface area contributed by atoms with Crippen molar-refractivity contribution in [1.29, 1.82) is 0 Å². The molecule has 6 rings (SSSR count). The Balaban J connectivity index is 1.35. The number of hydrogen-bond donors (Lipinski definition) is 1. The second-order valence-electron chi connectivity index (χ2n) is 12.2. The van der Waals surface area contributed by atoms with Crippen molar-refractivity contribution < 1.29 is 14.4 Å². The third kappa shape index (κ3) is 4.46. The first-order chi connectivity index (χ1) is 19.1. The van der Waals surface area contributed by atoms with E-state index in [1.165, 1.54) is 4.90 Å². The lowest BCUT2D eigenvalue weighted by Crippen LogP contribution is -2.43. The van der Waals surface area contributed by atoms with Gasteiger partial charge >= 0.3 is 6.03 Å². The van der Waals surface area contributed by atoms with Crippen molar-refractivity contribution in [2.45, 2.75) is 70.1 Å². The maximum atomic E-state index is 14.2. The highest BCUT2D eigenvalue weighted by Crippen LogP contribution is 2.45. The molecule has 8 nitrogen and oxygen atoms in total. The van der Waals surface area contributed by atoms with Crippen LogP contribution < -0.4 is 15.1 Å². The van der Waals surface area contributed by atoms with Gasteiger partial charge < -0.3 is 9.80 Å². The highest BCUT2D eigenvalue weighted by atomic mass is 16.2. The molecule has 206 valence electrons. The van der Waals surface area contributed by atoms with Gasteiger partial charge in [-0.25, -0.2) is 9.69 Å². The number of pyridine rings is 1. The van der Waals surface area contributed by atoms with Gasteiger partial charge in [-0.1, -0.05) is 50.2 Å². The van der Waals surface area contributed by atoms with E-state index in [-0.39, 0.29) is 23.3 Å². The van der Waals surface area contributed by atoms with Gasteiger partial charge in [-0.2, -0.15) is 0 Å². The quantitative estimate of drug-likeness (QED) is 0.431. The van der Waals surface area contributed by atoms with Crippen molar-refractivity contribution in [3.63, 3.8) is 0 Å². The van der Waals surface area contributed by atoms with Crippen LogP contribution in [0.2, 0.25) is 0 Å². The Morgan fingerprint density at radius 3 is 2.38 bits per heavy atom. The molecule has 1 atom stereocenters. The average Bonchev–Trinajstić information content (AvgIpc) is 3.70. The van der Waals surface area contributed by atoms with Crippen LogP contribution in [-0.2, 0) is 21.5 Å². The molecule has 0 bridgehead atoms. The highest BCUT2D eigenvalue weighted by molar-refractivity contribution is 6.23. The minimum Gasteiger partial charge on any atom is -0.310 e. The summed E-state index contributed by atoms with van der Waals surface area (Å²) in [6.45, 7) is 8.60. The van der Waals surface area contributed by atoms with E-state index >= 15 is 0 Å². The Morgan fingerprint density at radius 2 is 1.70 bits per heavy atom. The first-order valence-electron chi connectivity index (χ1n) is 13.9. The number of aromatic nitrogens is 1. The zero-order chi connectivity index (χ0) is 28.2. The van der Waals surface area contributed by atoms with Crippen molar-refractivity contribution in [2.24, 2.45) is 0 Å². The standard InChI is InChI=1S/C32H35N5O3/c1-31(2)20-35(28(38)27(34-23-10-11-23)22-8-6-5-7-9-22)26-18-24(12-13-25(26)31)37-29(39)32(3,4)36(30(37)40)19-21-14-16-33-17-15-21/h5-9,12-18,23,27,34H,10-11,19-20H2,1-4H3. The predicted molar refractivity (Wildman–Crippen MR) is 154 cm³/mol. The number of fused-ring (bicyclic) bond motifs is 1. The van der Waals surface area contributed by atoms with Crippen LogP contribution in [0.3, 0.4) is 0 Å². The van der Waals surface area contributed by atoms with Crippen molar-refractivity contribution in [2.75, 3.05) is 16.3 Å². The lowest BCUT2D eigenvalue weighted by atomic mass is 9.87. The lowest BCUT2D eigenvalue weighted by Gasteiger charge is -2.27. The molecule has 2 fully saturated rings. The normalized spacial score (nSPS) is 20.1. The summed E-state index contributed by atoms with van der Waals surface area (Å²) in [4.78, 5) is 50.3. The van der Waals surface area contributed by atoms with Crippen molar-refractivity contribution in [3.05, 3.63) is 89.7 Å². The number of carbonyl (C=O) groups excluding carboxylic acids is 3. The summed E-state index contributed by atoms with van der Waals surface area (Å²) in [5.41, 5.74) is 2.76. The van der Waals surface area contributed by atoms with E-state index in [4.69, 9.17) is 0 Å². The lowest BCUT2D eigenvalue weighted by molar-refractivity contribution is -0.123. The number of amides is 4. The number of rotatable bonds is 7. The van der Waals surface area contributed by atoms with E-state index in [0.29, 0.717) is 24.8 Å². The minimum atomic E-state index is -1.03. The Bertz CT molecular complexity index is 1470. The number of hydrogen-bond acceptors (Lipinski definition) is 5. The summed E-state index contributed by atoms with van der Waals surface area (Å²) in [5, 5.41) is 3.54. The molecule has 8 heteroatoms. The molecule has 3 heterocycles. The summed E-state index contributed by atoms with van der Waals surface area (Å²) >= 11 is 0. The molecule has 1 unspecified atom stereocenters. The van der Waals surface area contributed by atoms with Crippen LogP contribution in [0.25, 0.3) is 0 Å². The average molecular weight is 538 g/mol. The molecule has 0 spiro atoms. The molecule has 1 aliphatic carbocycles.